The van der Waals surface area contributed by atoms with Gasteiger partial charge in [-0.05, 0) is 63.8 Å². The molecule has 124 valence electrons. The van der Waals surface area contributed by atoms with E-state index in [-0.39, 0.29) is 6.04 Å². The van der Waals surface area contributed by atoms with Gasteiger partial charge in [0.25, 0.3) is 0 Å². The molecule has 2 aromatic carbocycles. The summed E-state index contributed by atoms with van der Waals surface area (Å²) < 4.78 is 28.5. The molecule has 0 bridgehead atoms. The molecule has 0 aliphatic rings. The van der Waals surface area contributed by atoms with E-state index in [4.69, 9.17) is 0 Å². The molecule has 1 atom stereocenters. The first kappa shape index (κ1) is 17.7. The van der Waals surface area contributed by atoms with E-state index in [1.165, 1.54) is 5.56 Å². The van der Waals surface area contributed by atoms with Crippen LogP contribution in [0.25, 0.3) is 0 Å². The zero-order valence-corrected chi connectivity index (χ0v) is 15.5. The monoisotopic (exact) mass is 331 g/mol. The van der Waals surface area contributed by atoms with Gasteiger partial charge in [0.15, 0.2) is 0 Å². The second-order valence-electron chi connectivity index (χ2n) is 6.43. The Morgan fingerprint density at radius 3 is 1.87 bits per heavy atom. The van der Waals surface area contributed by atoms with E-state index in [1.807, 2.05) is 65.8 Å². The van der Waals surface area contributed by atoms with Crippen molar-refractivity contribution in [1.82, 2.24) is 4.72 Å². The van der Waals surface area contributed by atoms with Gasteiger partial charge in [0, 0.05) is 6.04 Å². The molecule has 0 amide bonds. The summed E-state index contributed by atoms with van der Waals surface area (Å²) in [4.78, 5) is 0.389. The van der Waals surface area contributed by atoms with Crippen molar-refractivity contribution in [2.45, 2.75) is 52.5 Å². The first-order valence-electron chi connectivity index (χ1n) is 7.79. The molecule has 0 heterocycles. The third-order valence-corrected chi connectivity index (χ3v) is 5.94. The second-order valence-corrected chi connectivity index (χ2v) is 8.08. The summed E-state index contributed by atoms with van der Waals surface area (Å²) >= 11 is 0. The molecule has 0 aliphatic heterocycles. The van der Waals surface area contributed by atoms with Crippen LogP contribution in [0.4, 0.5) is 0 Å². The van der Waals surface area contributed by atoms with Crippen LogP contribution in [0.5, 0.6) is 0 Å². The Balaban J connectivity index is 2.38. The second kappa shape index (κ2) is 6.46. The lowest BCUT2D eigenvalue weighted by atomic mass is 10.0. The number of nitrogens with one attached hydrogen (secondary N) is 1. The summed E-state index contributed by atoms with van der Waals surface area (Å²) in [7, 11) is -3.56. The van der Waals surface area contributed by atoms with Gasteiger partial charge in [0.1, 0.15) is 0 Å². The molecule has 2 aromatic rings. The number of hydrogen-bond donors (Lipinski definition) is 1. The van der Waals surface area contributed by atoms with Crippen LogP contribution in [0.1, 0.15) is 46.3 Å². The lowest BCUT2D eigenvalue weighted by Gasteiger charge is -2.19. The van der Waals surface area contributed by atoms with Crippen molar-refractivity contribution < 1.29 is 8.42 Å². The molecule has 0 fully saturated rings. The maximum Gasteiger partial charge on any atom is 0.241 e. The number of benzene rings is 2. The van der Waals surface area contributed by atoms with Gasteiger partial charge in [0.2, 0.25) is 10.0 Å². The Bertz CT molecular complexity index is 815. The molecule has 0 unspecified atom stereocenters. The molecule has 2 rings (SSSR count). The average Bonchev–Trinajstić information content (AvgIpc) is 2.35. The minimum absolute atomic E-state index is 0.277. The molecule has 0 saturated heterocycles. The molecule has 4 heteroatoms. The minimum atomic E-state index is -3.56. The van der Waals surface area contributed by atoms with Gasteiger partial charge >= 0.3 is 0 Å². The molecule has 0 aliphatic carbocycles. The number of sulfonamides is 1. The fourth-order valence-electron chi connectivity index (χ4n) is 3.26. The largest absolute Gasteiger partial charge is 0.241 e. The highest BCUT2D eigenvalue weighted by Crippen LogP contribution is 2.25. The highest BCUT2D eigenvalue weighted by molar-refractivity contribution is 7.89. The predicted octanol–water partition coefficient (Wildman–Crippen LogP) is 4.27. The van der Waals surface area contributed by atoms with Gasteiger partial charge in [-0.2, -0.15) is 0 Å². The summed E-state index contributed by atoms with van der Waals surface area (Å²) in [5, 5.41) is 0. The molecule has 0 spiro atoms. The van der Waals surface area contributed by atoms with Crippen molar-refractivity contribution in [2.75, 3.05) is 0 Å². The Hall–Kier alpha value is -1.65. The molecule has 0 saturated carbocycles. The molecule has 0 aromatic heterocycles. The zero-order chi connectivity index (χ0) is 17.4. The van der Waals surface area contributed by atoms with E-state index >= 15 is 0 Å². The van der Waals surface area contributed by atoms with Gasteiger partial charge < -0.3 is 0 Å². The van der Waals surface area contributed by atoms with Crippen molar-refractivity contribution in [2.24, 2.45) is 0 Å². The Labute approximate surface area is 139 Å². The number of rotatable bonds is 4. The van der Waals surface area contributed by atoms with Crippen LogP contribution >= 0.6 is 0 Å². The van der Waals surface area contributed by atoms with Gasteiger partial charge in [0.05, 0.1) is 4.90 Å². The highest BCUT2D eigenvalue weighted by atomic mass is 32.2. The van der Waals surface area contributed by atoms with E-state index in [9.17, 15) is 8.42 Å². The number of aryl methyl sites for hydroxylation is 5. The van der Waals surface area contributed by atoms with Gasteiger partial charge in [-0.1, -0.05) is 41.5 Å². The Kier molecular flexibility index (Phi) is 4.97. The maximum atomic E-state index is 12.8. The first-order valence-corrected chi connectivity index (χ1v) is 9.27. The third kappa shape index (κ3) is 3.82. The standard InChI is InChI=1S/C19H25NO2S/c1-12-7-8-18(14(3)9-12)17(6)20-23(21,22)19-15(4)10-13(2)11-16(19)5/h7-11,17,20H,1-6H3/t17-/m1/s1. The lowest BCUT2D eigenvalue weighted by Crippen LogP contribution is -2.28. The van der Waals surface area contributed by atoms with E-state index < -0.39 is 10.0 Å². The summed E-state index contributed by atoms with van der Waals surface area (Å²) in [6, 6.07) is 9.61. The maximum absolute atomic E-state index is 12.8. The van der Waals surface area contributed by atoms with Gasteiger partial charge in [-0.15, -0.1) is 0 Å². The van der Waals surface area contributed by atoms with E-state index in [0.29, 0.717) is 4.90 Å². The molecular weight excluding hydrogens is 306 g/mol. The molecule has 23 heavy (non-hydrogen) atoms. The van der Waals surface area contributed by atoms with Crippen LogP contribution in [-0.2, 0) is 10.0 Å². The zero-order valence-electron chi connectivity index (χ0n) is 14.7. The fraction of sp³-hybridized carbons (Fsp3) is 0.368. The van der Waals surface area contributed by atoms with Crippen molar-refractivity contribution >= 4 is 10.0 Å². The SMILES string of the molecule is Cc1ccc([C@@H](C)NS(=O)(=O)c2c(C)cc(C)cc2C)c(C)c1. The van der Waals surface area contributed by atoms with Crippen molar-refractivity contribution in [1.29, 1.82) is 0 Å². The van der Waals surface area contributed by atoms with Crippen molar-refractivity contribution in [3.8, 4) is 0 Å². The van der Waals surface area contributed by atoms with Crippen LogP contribution < -0.4 is 4.72 Å². The minimum Gasteiger partial charge on any atom is -0.207 e. The normalized spacial score (nSPS) is 13.1. The molecular formula is C19H25NO2S. The van der Waals surface area contributed by atoms with Crippen LogP contribution in [-0.4, -0.2) is 8.42 Å². The summed E-state index contributed by atoms with van der Waals surface area (Å²) in [6.45, 7) is 11.6. The third-order valence-electron chi connectivity index (χ3n) is 4.10. The summed E-state index contributed by atoms with van der Waals surface area (Å²) in [6.07, 6.45) is 0. The smallest absolute Gasteiger partial charge is 0.207 e. The Morgan fingerprint density at radius 1 is 0.826 bits per heavy atom. The van der Waals surface area contributed by atoms with E-state index in [1.54, 1.807) is 0 Å². The summed E-state index contributed by atoms with van der Waals surface area (Å²) in [5.74, 6) is 0. The molecule has 3 nitrogen and oxygen atoms in total. The van der Waals surface area contributed by atoms with Crippen molar-refractivity contribution in [3.05, 3.63) is 63.7 Å². The molecule has 0 radical (unpaired) electrons. The van der Waals surface area contributed by atoms with E-state index in [2.05, 4.69) is 10.8 Å². The average molecular weight is 331 g/mol. The summed E-state index contributed by atoms with van der Waals surface area (Å²) in [5.41, 5.74) is 5.90. The number of hydrogen-bond acceptors (Lipinski definition) is 2. The van der Waals surface area contributed by atoms with Gasteiger partial charge in [-0.3, -0.25) is 0 Å². The van der Waals surface area contributed by atoms with Crippen LogP contribution in [0.3, 0.4) is 0 Å². The highest BCUT2D eigenvalue weighted by Gasteiger charge is 2.23. The molecule has 1 N–H and O–H groups in total. The van der Waals surface area contributed by atoms with Crippen molar-refractivity contribution in [3.63, 3.8) is 0 Å². The van der Waals surface area contributed by atoms with Gasteiger partial charge in [-0.25, -0.2) is 13.1 Å². The van der Waals surface area contributed by atoms with Crippen LogP contribution in [0.2, 0.25) is 0 Å². The quantitative estimate of drug-likeness (QED) is 0.909. The lowest BCUT2D eigenvalue weighted by molar-refractivity contribution is 0.565. The topological polar surface area (TPSA) is 46.2 Å². The van der Waals surface area contributed by atoms with Crippen LogP contribution in [0, 0.1) is 34.6 Å². The fourth-order valence-corrected chi connectivity index (χ4v) is 4.93. The first-order chi connectivity index (χ1) is 10.6. The Morgan fingerprint density at radius 2 is 1.35 bits per heavy atom. The predicted molar refractivity (Wildman–Crippen MR) is 95.3 cm³/mol. The van der Waals surface area contributed by atoms with E-state index in [0.717, 1.165) is 27.8 Å². The van der Waals surface area contributed by atoms with Crippen LogP contribution in [0.15, 0.2) is 35.2 Å².